The monoisotopic (exact) mass is 407 g/mol. The molecule has 0 spiro atoms. The maximum Gasteiger partial charge on any atom is 0.371 e. The smallest absolute Gasteiger partial charge is 0.371 e. The molecular formula is C20H27N2O7+. The molecule has 1 aromatic carbocycles. The molecule has 2 saturated heterocycles. The lowest BCUT2D eigenvalue weighted by Gasteiger charge is -2.27. The van der Waals surface area contributed by atoms with E-state index in [0.29, 0.717) is 17.1 Å². The van der Waals surface area contributed by atoms with Gasteiger partial charge in [0.1, 0.15) is 36.0 Å². The molecule has 0 aromatic heterocycles. The third-order valence-corrected chi connectivity index (χ3v) is 5.89. The van der Waals surface area contributed by atoms with Gasteiger partial charge in [-0.15, -0.1) is 0 Å². The number of hydrogen-bond acceptors (Lipinski definition) is 7. The molecule has 29 heavy (non-hydrogen) atoms. The average Bonchev–Trinajstić information content (AvgIpc) is 3.21. The number of benzene rings is 1. The van der Waals surface area contributed by atoms with Gasteiger partial charge in [0.2, 0.25) is 17.4 Å². The second kappa shape index (κ2) is 8.00. The molecule has 0 saturated carbocycles. The van der Waals surface area contributed by atoms with Gasteiger partial charge in [0.05, 0.1) is 26.4 Å². The summed E-state index contributed by atoms with van der Waals surface area (Å²) in [5.74, 6) is -2.32. The van der Waals surface area contributed by atoms with Crippen molar-refractivity contribution in [3.05, 3.63) is 23.8 Å². The SMILES string of the molecule is CCOC(=O)[C@]1(CO)[NH2+][C@H](c2ccc(OC)cc2OC)[C@H]2C(=O)N(CC)C(=O)[C@@H]21. The molecule has 4 atom stereocenters. The van der Waals surface area contributed by atoms with Gasteiger partial charge in [-0.1, -0.05) is 0 Å². The van der Waals surface area contributed by atoms with Crippen LogP contribution in [0.3, 0.4) is 0 Å². The molecular weight excluding hydrogens is 380 g/mol. The van der Waals surface area contributed by atoms with Crippen LogP contribution in [-0.4, -0.2) is 67.3 Å². The zero-order valence-electron chi connectivity index (χ0n) is 17.0. The van der Waals surface area contributed by atoms with Crippen LogP contribution in [0, 0.1) is 11.8 Å². The topological polar surface area (TPSA) is 119 Å². The van der Waals surface area contributed by atoms with E-state index in [0.717, 1.165) is 4.90 Å². The van der Waals surface area contributed by atoms with Crippen LogP contribution >= 0.6 is 0 Å². The fourth-order valence-corrected chi connectivity index (χ4v) is 4.55. The number of quaternary nitrogens is 1. The number of esters is 1. The molecule has 0 aliphatic carbocycles. The van der Waals surface area contributed by atoms with E-state index in [-0.39, 0.29) is 19.1 Å². The number of fused-ring (bicyclic) bond motifs is 1. The Bertz CT molecular complexity index is 827. The van der Waals surface area contributed by atoms with Crippen LogP contribution in [-0.2, 0) is 19.1 Å². The number of amides is 2. The third-order valence-electron chi connectivity index (χ3n) is 5.89. The summed E-state index contributed by atoms with van der Waals surface area (Å²) in [6.45, 7) is 3.02. The fraction of sp³-hybridized carbons (Fsp3) is 0.550. The Morgan fingerprint density at radius 1 is 1.21 bits per heavy atom. The second-order valence-corrected chi connectivity index (χ2v) is 7.14. The van der Waals surface area contributed by atoms with E-state index in [9.17, 15) is 19.5 Å². The summed E-state index contributed by atoms with van der Waals surface area (Å²) in [6, 6.07) is 4.55. The Kier molecular flexibility index (Phi) is 5.81. The minimum atomic E-state index is -1.59. The van der Waals surface area contributed by atoms with Gasteiger partial charge in [0.25, 0.3) is 0 Å². The van der Waals surface area contributed by atoms with E-state index in [1.807, 2.05) is 0 Å². The zero-order valence-corrected chi connectivity index (χ0v) is 17.0. The predicted octanol–water partition coefficient (Wildman–Crippen LogP) is -0.763. The first-order valence-electron chi connectivity index (χ1n) is 9.61. The predicted molar refractivity (Wildman–Crippen MR) is 100 cm³/mol. The molecule has 3 rings (SSSR count). The van der Waals surface area contributed by atoms with E-state index in [1.165, 1.54) is 14.2 Å². The highest BCUT2D eigenvalue weighted by Crippen LogP contribution is 2.46. The van der Waals surface area contributed by atoms with Crippen LogP contribution in [0.5, 0.6) is 11.5 Å². The van der Waals surface area contributed by atoms with Crippen molar-refractivity contribution in [2.75, 3.05) is 34.0 Å². The molecule has 2 aliphatic rings. The normalized spacial score (nSPS) is 28.4. The van der Waals surface area contributed by atoms with Gasteiger partial charge in [-0.2, -0.15) is 0 Å². The highest BCUT2D eigenvalue weighted by Gasteiger charge is 2.72. The number of likely N-dealkylation sites (tertiary alicyclic amines) is 1. The van der Waals surface area contributed by atoms with Crippen LogP contribution < -0.4 is 14.8 Å². The van der Waals surface area contributed by atoms with Crippen LogP contribution in [0.2, 0.25) is 0 Å². The van der Waals surface area contributed by atoms with Gasteiger partial charge in [0.15, 0.2) is 0 Å². The molecule has 9 nitrogen and oxygen atoms in total. The van der Waals surface area contributed by atoms with Crippen LogP contribution in [0.25, 0.3) is 0 Å². The Morgan fingerprint density at radius 2 is 1.93 bits per heavy atom. The summed E-state index contributed by atoms with van der Waals surface area (Å²) >= 11 is 0. The molecule has 2 amide bonds. The Morgan fingerprint density at radius 3 is 2.48 bits per heavy atom. The fourth-order valence-electron chi connectivity index (χ4n) is 4.55. The van der Waals surface area contributed by atoms with Crippen molar-refractivity contribution in [1.82, 2.24) is 4.90 Å². The number of rotatable bonds is 7. The first-order valence-corrected chi connectivity index (χ1v) is 9.61. The van der Waals surface area contributed by atoms with Crippen molar-refractivity contribution in [3.8, 4) is 11.5 Å². The summed E-state index contributed by atoms with van der Waals surface area (Å²) in [4.78, 5) is 40.2. The van der Waals surface area contributed by atoms with E-state index >= 15 is 0 Å². The first kappa shape index (κ1) is 21.1. The molecule has 158 valence electrons. The largest absolute Gasteiger partial charge is 0.497 e. The molecule has 0 radical (unpaired) electrons. The lowest BCUT2D eigenvalue weighted by molar-refractivity contribution is -0.735. The van der Waals surface area contributed by atoms with Crippen molar-refractivity contribution in [3.63, 3.8) is 0 Å². The number of carbonyl (C=O) groups is 3. The minimum Gasteiger partial charge on any atom is -0.497 e. The quantitative estimate of drug-likeness (QED) is 0.450. The Balaban J connectivity index is 2.16. The number of carbonyl (C=O) groups excluding carboxylic acids is 3. The lowest BCUT2D eigenvalue weighted by atomic mass is 9.79. The van der Waals surface area contributed by atoms with E-state index < -0.39 is 41.9 Å². The van der Waals surface area contributed by atoms with E-state index in [4.69, 9.17) is 14.2 Å². The highest BCUT2D eigenvalue weighted by molar-refractivity contribution is 6.08. The lowest BCUT2D eigenvalue weighted by Crippen LogP contribution is -2.99. The second-order valence-electron chi connectivity index (χ2n) is 7.14. The van der Waals surface area contributed by atoms with Crippen molar-refractivity contribution in [2.45, 2.75) is 25.4 Å². The summed E-state index contributed by atoms with van der Waals surface area (Å²) in [6.07, 6.45) is 0. The molecule has 2 heterocycles. The number of ether oxygens (including phenoxy) is 3. The number of nitrogens with two attached hydrogens (primary N) is 1. The number of imide groups is 1. The number of methoxy groups -OCH3 is 2. The Labute approximate surface area is 168 Å². The molecule has 0 bridgehead atoms. The van der Waals surface area contributed by atoms with Crippen molar-refractivity contribution < 1.29 is 39.0 Å². The summed E-state index contributed by atoms with van der Waals surface area (Å²) in [5, 5.41) is 11.8. The minimum absolute atomic E-state index is 0.0992. The number of hydrogen-bond donors (Lipinski definition) is 2. The third kappa shape index (κ3) is 3.05. The molecule has 9 heteroatoms. The molecule has 3 N–H and O–H groups in total. The van der Waals surface area contributed by atoms with Gasteiger partial charge in [-0.25, -0.2) is 4.79 Å². The van der Waals surface area contributed by atoms with Gasteiger partial charge in [0, 0.05) is 12.6 Å². The van der Waals surface area contributed by atoms with Gasteiger partial charge in [-0.05, 0) is 26.0 Å². The molecule has 1 aromatic rings. The van der Waals surface area contributed by atoms with Crippen molar-refractivity contribution >= 4 is 17.8 Å². The Hall–Kier alpha value is -2.65. The molecule has 2 aliphatic heterocycles. The zero-order chi connectivity index (χ0) is 21.3. The standard InChI is InChI=1S/C20H26N2O7/c1-5-22-17(24)14-15(18(22)25)20(10-23,19(26)29-6-2)21-16(14)12-8-7-11(27-3)9-13(12)28-4/h7-9,14-16,21,23H,5-6,10H2,1-4H3/p+1/t14-,15+,16+,20+/m0/s1. The van der Waals surface area contributed by atoms with Gasteiger partial charge in [-0.3, -0.25) is 14.5 Å². The maximum absolute atomic E-state index is 13.1. The van der Waals surface area contributed by atoms with E-state index in [1.54, 1.807) is 37.4 Å². The molecule has 0 unspecified atom stereocenters. The van der Waals surface area contributed by atoms with Gasteiger partial charge < -0.3 is 24.6 Å². The van der Waals surface area contributed by atoms with Crippen molar-refractivity contribution in [1.29, 1.82) is 0 Å². The van der Waals surface area contributed by atoms with E-state index in [2.05, 4.69) is 0 Å². The average molecular weight is 407 g/mol. The first-order chi connectivity index (χ1) is 13.9. The molecule has 2 fully saturated rings. The summed E-state index contributed by atoms with van der Waals surface area (Å²) in [5.41, 5.74) is -0.950. The van der Waals surface area contributed by atoms with Gasteiger partial charge >= 0.3 is 5.97 Å². The number of aliphatic hydroxyl groups is 1. The maximum atomic E-state index is 13.1. The van der Waals surface area contributed by atoms with Crippen LogP contribution in [0.4, 0.5) is 0 Å². The van der Waals surface area contributed by atoms with Crippen LogP contribution in [0.15, 0.2) is 18.2 Å². The van der Waals surface area contributed by atoms with Crippen molar-refractivity contribution in [2.24, 2.45) is 11.8 Å². The number of nitrogens with zero attached hydrogens (tertiary/aromatic N) is 1. The number of aliphatic hydroxyl groups excluding tert-OH is 1. The highest BCUT2D eigenvalue weighted by atomic mass is 16.5. The summed E-state index contributed by atoms with van der Waals surface area (Å²) < 4.78 is 15.9. The summed E-state index contributed by atoms with van der Waals surface area (Å²) in [7, 11) is 3.03. The van der Waals surface area contributed by atoms with Crippen LogP contribution in [0.1, 0.15) is 25.5 Å².